The normalized spacial score (nSPS) is 17.5. The summed E-state index contributed by atoms with van der Waals surface area (Å²) in [6.07, 6.45) is 4.56. The summed E-state index contributed by atoms with van der Waals surface area (Å²) in [6, 6.07) is 4.74. The van der Waals surface area contributed by atoms with E-state index in [-0.39, 0.29) is 0 Å². The molecule has 1 fully saturated rings. The molecule has 0 saturated carbocycles. The molecule has 4 heteroatoms. The van der Waals surface area contributed by atoms with Gasteiger partial charge in [-0.2, -0.15) is 5.26 Å². The Morgan fingerprint density at radius 3 is 2.65 bits per heavy atom. The molecule has 0 spiro atoms. The number of thioether (sulfide) groups is 1. The van der Waals surface area contributed by atoms with E-state index in [1.54, 1.807) is 11.8 Å². The summed E-state index contributed by atoms with van der Waals surface area (Å²) in [5.41, 5.74) is 6.10. The number of morpholine rings is 1. The third kappa shape index (κ3) is 3.57. The molecule has 3 rings (SSSR count). The van der Waals surface area contributed by atoms with Crippen LogP contribution in [0.5, 0.6) is 0 Å². The standard InChI is InChI=1S/C19H24N2OS/c1-14(2)13-23-19-11-18(21-7-9-22-10-8-21)16-6-4-3-5-15(16)17(19)12-20/h11H,1,3-10,13H2,2H3. The second kappa shape index (κ2) is 7.42. The van der Waals surface area contributed by atoms with Gasteiger partial charge in [0.25, 0.3) is 0 Å². The van der Waals surface area contributed by atoms with Crippen LogP contribution in [0.25, 0.3) is 0 Å². The van der Waals surface area contributed by atoms with Crippen molar-refractivity contribution in [1.82, 2.24) is 0 Å². The van der Waals surface area contributed by atoms with E-state index in [2.05, 4.69) is 23.6 Å². The van der Waals surface area contributed by atoms with Crippen molar-refractivity contribution in [3.05, 3.63) is 34.9 Å². The quantitative estimate of drug-likeness (QED) is 0.619. The molecular weight excluding hydrogens is 304 g/mol. The van der Waals surface area contributed by atoms with Gasteiger partial charge in [-0.1, -0.05) is 12.2 Å². The van der Waals surface area contributed by atoms with Gasteiger partial charge >= 0.3 is 0 Å². The monoisotopic (exact) mass is 328 g/mol. The number of fused-ring (bicyclic) bond motifs is 1. The second-order valence-corrected chi connectivity index (χ2v) is 7.41. The lowest BCUT2D eigenvalue weighted by atomic mass is 9.86. The molecule has 0 bridgehead atoms. The maximum absolute atomic E-state index is 9.72. The molecule has 1 saturated heterocycles. The maximum Gasteiger partial charge on any atom is 0.101 e. The molecule has 0 unspecified atom stereocenters. The van der Waals surface area contributed by atoms with Crippen molar-refractivity contribution in [3.8, 4) is 6.07 Å². The van der Waals surface area contributed by atoms with Crippen LogP contribution in [0.4, 0.5) is 5.69 Å². The SMILES string of the molecule is C=C(C)CSc1cc(N2CCOCC2)c2c(c1C#N)CCCC2. The van der Waals surface area contributed by atoms with Crippen molar-refractivity contribution in [3.63, 3.8) is 0 Å². The molecule has 0 radical (unpaired) electrons. The van der Waals surface area contributed by atoms with Crippen LogP contribution in [0.15, 0.2) is 23.1 Å². The summed E-state index contributed by atoms with van der Waals surface area (Å²) in [6.45, 7) is 9.52. The van der Waals surface area contributed by atoms with Gasteiger partial charge in [0.1, 0.15) is 6.07 Å². The third-order valence-electron chi connectivity index (χ3n) is 4.53. The minimum atomic E-state index is 0.795. The first-order valence-electron chi connectivity index (χ1n) is 8.39. The second-order valence-electron chi connectivity index (χ2n) is 6.39. The Morgan fingerprint density at radius 1 is 1.30 bits per heavy atom. The molecule has 3 nitrogen and oxygen atoms in total. The molecule has 122 valence electrons. The van der Waals surface area contributed by atoms with Crippen LogP contribution in [0.3, 0.4) is 0 Å². The minimum absolute atomic E-state index is 0.795. The van der Waals surface area contributed by atoms with E-state index in [0.29, 0.717) is 0 Å². The Labute approximate surface area is 143 Å². The molecular formula is C19H24N2OS. The van der Waals surface area contributed by atoms with Crippen LogP contribution >= 0.6 is 11.8 Å². The smallest absolute Gasteiger partial charge is 0.101 e. The summed E-state index contributed by atoms with van der Waals surface area (Å²) in [7, 11) is 0. The first-order valence-corrected chi connectivity index (χ1v) is 9.38. The van der Waals surface area contributed by atoms with Gasteiger partial charge in [-0.25, -0.2) is 0 Å². The van der Waals surface area contributed by atoms with Gasteiger partial charge in [-0.05, 0) is 49.8 Å². The summed E-state index contributed by atoms with van der Waals surface area (Å²) in [5, 5.41) is 9.72. The first kappa shape index (κ1) is 16.4. The fourth-order valence-electron chi connectivity index (χ4n) is 3.42. The van der Waals surface area contributed by atoms with E-state index in [1.165, 1.54) is 29.7 Å². The Morgan fingerprint density at radius 2 is 2.00 bits per heavy atom. The number of hydrogen-bond donors (Lipinski definition) is 0. The van der Waals surface area contributed by atoms with E-state index >= 15 is 0 Å². The zero-order valence-corrected chi connectivity index (χ0v) is 14.7. The number of hydrogen-bond acceptors (Lipinski definition) is 4. The number of rotatable bonds is 4. The molecule has 1 aliphatic heterocycles. The van der Waals surface area contributed by atoms with Gasteiger partial charge < -0.3 is 9.64 Å². The molecule has 0 atom stereocenters. The van der Waals surface area contributed by atoms with E-state index in [1.807, 2.05) is 6.92 Å². The predicted molar refractivity (Wildman–Crippen MR) is 96.4 cm³/mol. The highest BCUT2D eigenvalue weighted by Gasteiger charge is 2.24. The summed E-state index contributed by atoms with van der Waals surface area (Å²) in [5.74, 6) is 0.871. The van der Waals surface area contributed by atoms with Crippen LogP contribution in [-0.2, 0) is 17.6 Å². The zero-order chi connectivity index (χ0) is 16.2. The largest absolute Gasteiger partial charge is 0.378 e. The number of benzene rings is 1. The van der Waals surface area contributed by atoms with Crippen LogP contribution < -0.4 is 4.90 Å². The number of nitrogens with zero attached hydrogens (tertiary/aromatic N) is 2. The lowest BCUT2D eigenvalue weighted by Crippen LogP contribution is -2.37. The van der Waals surface area contributed by atoms with Crippen molar-refractivity contribution in [2.45, 2.75) is 37.5 Å². The lowest BCUT2D eigenvalue weighted by molar-refractivity contribution is 0.122. The van der Waals surface area contributed by atoms with Gasteiger partial charge in [0.05, 0.1) is 18.8 Å². The fraction of sp³-hybridized carbons (Fsp3) is 0.526. The average Bonchev–Trinajstić information content (AvgIpc) is 2.59. The lowest BCUT2D eigenvalue weighted by Gasteiger charge is -2.33. The third-order valence-corrected chi connectivity index (χ3v) is 5.80. The Balaban J connectivity index is 2.04. The highest BCUT2D eigenvalue weighted by atomic mass is 32.2. The van der Waals surface area contributed by atoms with Crippen LogP contribution in [0, 0.1) is 11.3 Å². The summed E-state index contributed by atoms with van der Waals surface area (Å²) < 4.78 is 5.51. The van der Waals surface area contributed by atoms with Crippen molar-refractivity contribution in [1.29, 1.82) is 5.26 Å². The van der Waals surface area contributed by atoms with Crippen molar-refractivity contribution in [2.75, 3.05) is 37.0 Å². The number of nitriles is 1. The molecule has 23 heavy (non-hydrogen) atoms. The summed E-state index contributed by atoms with van der Waals surface area (Å²) in [4.78, 5) is 3.57. The highest BCUT2D eigenvalue weighted by molar-refractivity contribution is 7.99. The van der Waals surface area contributed by atoms with Crippen molar-refractivity contribution in [2.24, 2.45) is 0 Å². The molecule has 1 aromatic rings. The Bertz CT molecular complexity index is 642. The first-order chi connectivity index (χ1) is 11.2. The van der Waals surface area contributed by atoms with Crippen LogP contribution in [0.1, 0.15) is 36.5 Å². The van der Waals surface area contributed by atoms with Crippen molar-refractivity contribution < 1.29 is 4.74 Å². The van der Waals surface area contributed by atoms with E-state index in [0.717, 1.165) is 60.9 Å². The molecule has 1 heterocycles. The van der Waals surface area contributed by atoms with Crippen LogP contribution in [0.2, 0.25) is 0 Å². The zero-order valence-electron chi connectivity index (χ0n) is 13.9. The predicted octanol–water partition coefficient (Wildman–Crippen LogP) is 3.94. The number of anilines is 1. The van der Waals surface area contributed by atoms with Gasteiger partial charge in [0.15, 0.2) is 0 Å². The fourth-order valence-corrected chi connectivity index (χ4v) is 4.33. The molecule has 0 N–H and O–H groups in total. The summed E-state index contributed by atoms with van der Waals surface area (Å²) >= 11 is 1.75. The molecule has 0 amide bonds. The average molecular weight is 328 g/mol. The van der Waals surface area contributed by atoms with E-state index < -0.39 is 0 Å². The highest BCUT2D eigenvalue weighted by Crippen LogP contribution is 2.39. The van der Waals surface area contributed by atoms with E-state index in [9.17, 15) is 5.26 Å². The topological polar surface area (TPSA) is 36.3 Å². The van der Waals surface area contributed by atoms with Crippen molar-refractivity contribution >= 4 is 17.4 Å². The van der Waals surface area contributed by atoms with Gasteiger partial charge in [0, 0.05) is 29.4 Å². The van der Waals surface area contributed by atoms with Crippen LogP contribution in [-0.4, -0.2) is 32.1 Å². The minimum Gasteiger partial charge on any atom is -0.378 e. The molecule has 2 aliphatic rings. The van der Waals surface area contributed by atoms with Gasteiger partial charge in [0.2, 0.25) is 0 Å². The molecule has 1 aromatic carbocycles. The molecule has 0 aromatic heterocycles. The molecule has 1 aliphatic carbocycles. The van der Waals surface area contributed by atoms with E-state index in [4.69, 9.17) is 4.74 Å². The van der Waals surface area contributed by atoms with Gasteiger partial charge in [-0.3, -0.25) is 0 Å². The Hall–Kier alpha value is -1.44. The Kier molecular flexibility index (Phi) is 5.30. The van der Waals surface area contributed by atoms with Gasteiger partial charge in [-0.15, -0.1) is 11.8 Å². The number of ether oxygens (including phenoxy) is 1. The maximum atomic E-state index is 9.72.